The van der Waals surface area contributed by atoms with Crippen LogP contribution in [0.3, 0.4) is 0 Å². The van der Waals surface area contributed by atoms with Crippen molar-refractivity contribution in [2.75, 3.05) is 0 Å². The second-order valence-electron chi connectivity index (χ2n) is 1.74. The van der Waals surface area contributed by atoms with Crippen LogP contribution in [0.15, 0.2) is 18.2 Å². The van der Waals surface area contributed by atoms with Gasteiger partial charge in [-0.3, -0.25) is 0 Å². The molecule has 0 amide bonds. The van der Waals surface area contributed by atoms with Crippen LogP contribution in [0.4, 0.5) is 8.78 Å². The summed E-state index contributed by atoms with van der Waals surface area (Å²) in [5.41, 5.74) is 0. The average molecular weight is 215 g/mol. The van der Waals surface area contributed by atoms with Gasteiger partial charge in [0.1, 0.15) is 0 Å². The van der Waals surface area contributed by atoms with Gasteiger partial charge in [0, 0.05) is 0 Å². The Hall–Kier alpha value is -0.00662. The van der Waals surface area contributed by atoms with E-state index in [2.05, 4.69) is 0 Å². The van der Waals surface area contributed by atoms with E-state index in [1.807, 2.05) is 0 Å². The molecule has 0 saturated heterocycles. The maximum absolute atomic E-state index is 12.4. The standard InChI is InChI=1S/C6H3F2.ClH.Zn/c7-5-2-1-3-6(8)4-5;;/h1-2,4H;1H;. The van der Waals surface area contributed by atoms with E-state index in [4.69, 9.17) is 0 Å². The minimum atomic E-state index is -0.510. The summed E-state index contributed by atoms with van der Waals surface area (Å²) < 4.78 is 25.1. The molecule has 0 heterocycles. The second-order valence-corrected chi connectivity index (χ2v) is 3.33. The fourth-order valence-electron chi connectivity index (χ4n) is 0.522. The molecule has 0 N–H and O–H groups in total. The number of hydrogen-bond donors (Lipinski definition) is 0. The van der Waals surface area contributed by atoms with E-state index in [-0.39, 0.29) is 12.4 Å². The molecule has 0 saturated carbocycles. The molecule has 0 fully saturated rings. The summed E-state index contributed by atoms with van der Waals surface area (Å²) >= 11 is 0.728. The van der Waals surface area contributed by atoms with Crippen LogP contribution >= 0.6 is 12.4 Å². The molecule has 0 unspecified atom stereocenters. The molecule has 0 aliphatic carbocycles. The molecule has 1 aromatic rings. The third kappa shape index (κ3) is 2.32. The van der Waals surface area contributed by atoms with Gasteiger partial charge in [0.25, 0.3) is 0 Å². The van der Waals surface area contributed by atoms with Crippen molar-refractivity contribution in [1.82, 2.24) is 0 Å². The molecule has 10 heavy (non-hydrogen) atoms. The predicted octanol–water partition coefficient (Wildman–Crippen LogP) is 1.56. The Morgan fingerprint density at radius 1 is 1.20 bits per heavy atom. The molecule has 1 rings (SSSR count). The van der Waals surface area contributed by atoms with Gasteiger partial charge in [0.2, 0.25) is 0 Å². The summed E-state index contributed by atoms with van der Waals surface area (Å²) in [6.45, 7) is 0. The zero-order chi connectivity index (χ0) is 6.85. The van der Waals surface area contributed by atoms with Crippen LogP contribution in [0, 0.1) is 11.6 Å². The van der Waals surface area contributed by atoms with E-state index in [0.717, 1.165) is 24.4 Å². The van der Waals surface area contributed by atoms with Crippen molar-refractivity contribution >= 4 is 16.6 Å². The van der Waals surface area contributed by atoms with Crippen molar-refractivity contribution in [2.45, 2.75) is 0 Å². The van der Waals surface area contributed by atoms with Crippen LogP contribution in [-0.2, 0) is 18.3 Å². The van der Waals surface area contributed by atoms with Crippen molar-refractivity contribution in [3.05, 3.63) is 29.8 Å². The summed E-state index contributed by atoms with van der Waals surface area (Å²) in [5.74, 6) is -0.945. The topological polar surface area (TPSA) is 0 Å². The molecular formula is C6H4ClF2Zn. The number of halogens is 3. The molecule has 0 spiro atoms. The van der Waals surface area contributed by atoms with E-state index in [0.29, 0.717) is 4.16 Å². The third-order valence-corrected chi connectivity index (χ3v) is 2.22. The van der Waals surface area contributed by atoms with E-state index >= 15 is 0 Å². The van der Waals surface area contributed by atoms with Gasteiger partial charge >= 0.3 is 61.1 Å². The Bertz CT molecular complexity index is 227. The van der Waals surface area contributed by atoms with Gasteiger partial charge in [-0.2, -0.15) is 0 Å². The first-order valence-corrected chi connectivity index (χ1v) is 3.95. The molecule has 0 radical (unpaired) electrons. The van der Waals surface area contributed by atoms with Crippen LogP contribution in [-0.4, -0.2) is 0 Å². The van der Waals surface area contributed by atoms with Crippen LogP contribution < -0.4 is 4.16 Å². The SMILES string of the molecule is Cl.Fc1cc[c]([Zn])c(F)c1. The molecule has 0 atom stereocenters. The molecule has 0 aliphatic rings. The summed E-state index contributed by atoms with van der Waals surface area (Å²) in [6.07, 6.45) is 0. The van der Waals surface area contributed by atoms with E-state index in [1.165, 1.54) is 12.1 Å². The fourth-order valence-corrected chi connectivity index (χ4v) is 0.983. The number of hydrogen-bond acceptors (Lipinski definition) is 0. The average Bonchev–Trinajstić information content (AvgIpc) is 1.80. The monoisotopic (exact) mass is 213 g/mol. The van der Waals surface area contributed by atoms with Gasteiger partial charge in [-0.1, -0.05) is 0 Å². The summed E-state index contributed by atoms with van der Waals surface area (Å²) in [4.78, 5) is 0. The van der Waals surface area contributed by atoms with Gasteiger partial charge in [-0.25, -0.2) is 0 Å². The molecule has 0 aliphatic heterocycles. The van der Waals surface area contributed by atoms with E-state index in [9.17, 15) is 8.78 Å². The van der Waals surface area contributed by atoms with Crippen LogP contribution in [0.5, 0.6) is 0 Å². The Balaban J connectivity index is 0.000000810. The Kier molecular flexibility index (Phi) is 3.99. The van der Waals surface area contributed by atoms with Crippen molar-refractivity contribution in [2.24, 2.45) is 0 Å². The minimum absolute atomic E-state index is 0. The number of benzene rings is 1. The molecule has 0 nitrogen and oxygen atoms in total. The van der Waals surface area contributed by atoms with Crippen molar-refractivity contribution in [3.63, 3.8) is 0 Å². The van der Waals surface area contributed by atoms with Gasteiger partial charge < -0.3 is 0 Å². The van der Waals surface area contributed by atoms with Gasteiger partial charge in [-0.05, 0) is 0 Å². The molecule has 4 heteroatoms. The maximum atomic E-state index is 12.4. The molecule has 1 aromatic carbocycles. The predicted molar refractivity (Wildman–Crippen MR) is 33.2 cm³/mol. The van der Waals surface area contributed by atoms with Crippen molar-refractivity contribution in [1.29, 1.82) is 0 Å². The zero-order valence-corrected chi connectivity index (χ0v) is 8.89. The molecule has 0 aromatic heterocycles. The summed E-state index contributed by atoms with van der Waals surface area (Å²) in [6, 6.07) is 3.63. The van der Waals surface area contributed by atoms with Gasteiger partial charge in [0.05, 0.1) is 0 Å². The molecule has 51 valence electrons. The van der Waals surface area contributed by atoms with Crippen molar-refractivity contribution < 1.29 is 27.1 Å². The van der Waals surface area contributed by atoms with Crippen LogP contribution in [0.1, 0.15) is 0 Å². The van der Waals surface area contributed by atoms with Crippen LogP contribution in [0.25, 0.3) is 0 Å². The number of rotatable bonds is 0. The molecular weight excluding hydrogens is 211 g/mol. The Labute approximate surface area is 73.7 Å². The second kappa shape index (κ2) is 3.99. The first kappa shape index (κ1) is 9.99. The first-order chi connectivity index (χ1) is 4.20. The van der Waals surface area contributed by atoms with E-state index in [1.54, 1.807) is 0 Å². The first-order valence-electron chi connectivity index (χ1n) is 2.47. The van der Waals surface area contributed by atoms with Gasteiger partial charge in [-0.15, -0.1) is 12.4 Å². The normalized spacial score (nSPS) is 8.80. The quantitative estimate of drug-likeness (QED) is 0.576. The summed E-state index contributed by atoms with van der Waals surface area (Å²) in [5, 5.41) is 0. The Morgan fingerprint density at radius 2 is 1.80 bits per heavy atom. The summed E-state index contributed by atoms with van der Waals surface area (Å²) in [7, 11) is 0. The third-order valence-electron chi connectivity index (χ3n) is 1.02. The van der Waals surface area contributed by atoms with Gasteiger partial charge in [0.15, 0.2) is 0 Å². The van der Waals surface area contributed by atoms with Crippen LogP contribution in [0.2, 0.25) is 0 Å². The molecule has 0 bridgehead atoms. The fraction of sp³-hybridized carbons (Fsp3) is 0. The zero-order valence-electron chi connectivity index (χ0n) is 5.10. The Morgan fingerprint density at radius 3 is 2.20 bits per heavy atom. The van der Waals surface area contributed by atoms with E-state index < -0.39 is 11.6 Å². The van der Waals surface area contributed by atoms with Crippen molar-refractivity contribution in [3.8, 4) is 0 Å².